The fourth-order valence-corrected chi connectivity index (χ4v) is 2.66. The van der Waals surface area contributed by atoms with Crippen LogP contribution in [0.15, 0.2) is 35.8 Å². The smallest absolute Gasteiger partial charge is 0.177 e. The van der Waals surface area contributed by atoms with Crippen LogP contribution in [0.1, 0.15) is 50.0 Å². The van der Waals surface area contributed by atoms with Crippen molar-refractivity contribution in [2.24, 2.45) is 4.99 Å². The number of imidazole rings is 1. The molecule has 0 unspecified atom stereocenters. The Kier molecular flexibility index (Phi) is 3.44. The molecule has 0 amide bonds. The molecule has 118 valence electrons. The Balaban J connectivity index is 1.81. The van der Waals surface area contributed by atoms with Crippen LogP contribution < -0.4 is 5.49 Å². The zero-order chi connectivity index (χ0) is 15.8. The molecule has 1 aliphatic rings. The Bertz CT molecular complexity index is 886. The van der Waals surface area contributed by atoms with Crippen LogP contribution in [0.3, 0.4) is 0 Å². The van der Waals surface area contributed by atoms with Gasteiger partial charge in [0.2, 0.25) is 0 Å². The van der Waals surface area contributed by atoms with Crippen LogP contribution in [0.2, 0.25) is 0 Å². The maximum atomic E-state index is 4.81. The van der Waals surface area contributed by atoms with Crippen molar-refractivity contribution in [3.63, 3.8) is 0 Å². The molecule has 1 aliphatic carbocycles. The molecule has 1 N–H and O–H groups in total. The first-order chi connectivity index (χ1) is 11.2. The maximum absolute atomic E-state index is 4.81. The summed E-state index contributed by atoms with van der Waals surface area (Å²) in [6.07, 6.45) is 7.85. The molecular weight excluding hydrogens is 288 g/mol. The molecule has 4 rings (SSSR count). The molecule has 1 saturated carbocycles. The van der Waals surface area contributed by atoms with E-state index >= 15 is 0 Å². The average Bonchev–Trinajstić information content (AvgIpc) is 3.32. The summed E-state index contributed by atoms with van der Waals surface area (Å²) in [6, 6.07) is 4.26. The summed E-state index contributed by atoms with van der Waals surface area (Å²) in [4.78, 5) is 21.5. The van der Waals surface area contributed by atoms with Crippen molar-refractivity contribution >= 4 is 11.2 Å². The minimum absolute atomic E-state index is 0.314. The van der Waals surface area contributed by atoms with Gasteiger partial charge in [0.1, 0.15) is 11.3 Å². The molecule has 0 aromatic carbocycles. The Morgan fingerprint density at radius 1 is 1.30 bits per heavy atom. The van der Waals surface area contributed by atoms with Crippen LogP contribution in [-0.4, -0.2) is 24.5 Å². The highest BCUT2D eigenvalue weighted by molar-refractivity contribution is 5.70. The average molecular weight is 308 g/mol. The van der Waals surface area contributed by atoms with E-state index < -0.39 is 0 Å². The molecule has 0 aliphatic heterocycles. The van der Waals surface area contributed by atoms with Gasteiger partial charge >= 0.3 is 0 Å². The van der Waals surface area contributed by atoms with Gasteiger partial charge in [-0.05, 0) is 44.4 Å². The summed E-state index contributed by atoms with van der Waals surface area (Å²) < 4.78 is 2.10. The highest BCUT2D eigenvalue weighted by Crippen LogP contribution is 2.38. The van der Waals surface area contributed by atoms with E-state index in [4.69, 9.17) is 4.98 Å². The number of pyridine rings is 1. The van der Waals surface area contributed by atoms with Crippen LogP contribution >= 0.6 is 0 Å². The number of hydrogen-bond donors (Lipinski definition) is 1. The van der Waals surface area contributed by atoms with E-state index in [0.29, 0.717) is 18.5 Å². The van der Waals surface area contributed by atoms with Crippen LogP contribution in [0.5, 0.6) is 0 Å². The summed E-state index contributed by atoms with van der Waals surface area (Å²) in [5.74, 6) is 1.65. The second-order valence-corrected chi connectivity index (χ2v) is 6.34. The molecule has 0 saturated heterocycles. The van der Waals surface area contributed by atoms with E-state index in [1.807, 2.05) is 18.5 Å². The molecule has 3 heterocycles. The van der Waals surface area contributed by atoms with Gasteiger partial charge in [0.15, 0.2) is 11.1 Å². The molecule has 0 spiro atoms. The monoisotopic (exact) mass is 308 g/mol. The van der Waals surface area contributed by atoms with Crippen LogP contribution in [0.25, 0.3) is 11.2 Å². The lowest BCUT2D eigenvalue weighted by molar-refractivity contribution is 0.600. The lowest BCUT2D eigenvalue weighted by atomic mass is 10.3. The first-order valence-electron chi connectivity index (χ1n) is 8.08. The van der Waals surface area contributed by atoms with Crippen molar-refractivity contribution in [1.82, 2.24) is 24.5 Å². The number of aromatic amines is 1. The van der Waals surface area contributed by atoms with E-state index in [2.05, 4.69) is 38.4 Å². The van der Waals surface area contributed by atoms with E-state index in [-0.39, 0.29) is 0 Å². The third-order valence-electron chi connectivity index (χ3n) is 4.16. The molecule has 0 atom stereocenters. The van der Waals surface area contributed by atoms with E-state index in [0.717, 1.165) is 28.0 Å². The van der Waals surface area contributed by atoms with Gasteiger partial charge in [-0.15, -0.1) is 0 Å². The topological polar surface area (TPSA) is 71.8 Å². The number of fused-ring (bicyclic) bond motifs is 1. The van der Waals surface area contributed by atoms with E-state index in [1.54, 1.807) is 12.4 Å². The Morgan fingerprint density at radius 3 is 2.78 bits per heavy atom. The predicted molar refractivity (Wildman–Crippen MR) is 87.7 cm³/mol. The fraction of sp³-hybridized carbons (Fsp3) is 0.412. The largest absolute Gasteiger partial charge is 0.337 e. The van der Waals surface area contributed by atoms with Gasteiger partial charge in [0.25, 0.3) is 0 Å². The van der Waals surface area contributed by atoms with Gasteiger partial charge < -0.3 is 9.55 Å². The molecule has 0 bridgehead atoms. The number of H-pyrrole nitrogens is 1. The molecule has 3 aromatic heterocycles. The van der Waals surface area contributed by atoms with Crippen LogP contribution in [0, 0.1) is 0 Å². The lowest BCUT2D eigenvalue weighted by Crippen LogP contribution is -2.15. The van der Waals surface area contributed by atoms with Crippen molar-refractivity contribution in [2.75, 3.05) is 0 Å². The minimum Gasteiger partial charge on any atom is -0.337 e. The quantitative estimate of drug-likeness (QED) is 0.805. The summed E-state index contributed by atoms with van der Waals surface area (Å²) in [5.41, 5.74) is 3.74. The van der Waals surface area contributed by atoms with Crippen molar-refractivity contribution in [3.05, 3.63) is 47.7 Å². The standard InChI is InChI=1S/C17H20N6/c1-11(2)23-10-20-16(19-9-12-5-7-18-8-6-12)14-17(23)22-15(21-14)13-3-4-13/h5-8,10-11,13H,3-4,9H2,1-2H3,(H,21,22). The van der Waals surface area contributed by atoms with Crippen molar-refractivity contribution in [2.45, 2.75) is 45.2 Å². The zero-order valence-corrected chi connectivity index (χ0v) is 13.4. The highest BCUT2D eigenvalue weighted by atomic mass is 15.1. The van der Waals surface area contributed by atoms with E-state index in [9.17, 15) is 0 Å². The number of nitrogens with one attached hydrogen (secondary N) is 1. The van der Waals surface area contributed by atoms with Crippen molar-refractivity contribution in [3.8, 4) is 0 Å². The molecule has 23 heavy (non-hydrogen) atoms. The molecule has 0 radical (unpaired) electrons. The number of aromatic nitrogens is 5. The van der Waals surface area contributed by atoms with Crippen molar-refractivity contribution < 1.29 is 0 Å². The second-order valence-electron chi connectivity index (χ2n) is 6.34. The van der Waals surface area contributed by atoms with Crippen molar-refractivity contribution in [1.29, 1.82) is 0 Å². The molecule has 6 heteroatoms. The van der Waals surface area contributed by atoms with Gasteiger partial charge in [0.05, 0.1) is 12.9 Å². The summed E-state index contributed by atoms with van der Waals surface area (Å²) in [7, 11) is 0. The summed E-state index contributed by atoms with van der Waals surface area (Å²) in [5, 5.41) is 0. The Morgan fingerprint density at radius 2 is 2.09 bits per heavy atom. The van der Waals surface area contributed by atoms with Gasteiger partial charge in [-0.2, -0.15) is 0 Å². The highest BCUT2D eigenvalue weighted by Gasteiger charge is 2.27. The normalized spacial score (nSPS) is 15.7. The van der Waals surface area contributed by atoms with Crippen LogP contribution in [-0.2, 0) is 6.54 Å². The van der Waals surface area contributed by atoms with E-state index in [1.165, 1.54) is 12.8 Å². The minimum atomic E-state index is 0.314. The first-order valence-corrected chi connectivity index (χ1v) is 8.08. The third kappa shape index (κ3) is 2.76. The van der Waals surface area contributed by atoms with Crippen LogP contribution in [0.4, 0.5) is 0 Å². The summed E-state index contributed by atoms with van der Waals surface area (Å²) >= 11 is 0. The lowest BCUT2D eigenvalue weighted by Gasteiger charge is -2.10. The Hall–Kier alpha value is -2.50. The van der Waals surface area contributed by atoms with Gasteiger partial charge in [-0.1, -0.05) is 0 Å². The SMILES string of the molecule is CC(C)n1cnc(=NCc2ccncc2)c2[nH]c(C3CC3)nc21. The molecule has 3 aromatic rings. The van der Waals surface area contributed by atoms with Gasteiger partial charge in [-0.25, -0.2) is 9.97 Å². The second kappa shape index (κ2) is 5.61. The number of nitrogens with zero attached hydrogens (tertiary/aromatic N) is 5. The number of hydrogen-bond acceptors (Lipinski definition) is 4. The number of rotatable bonds is 4. The third-order valence-corrected chi connectivity index (χ3v) is 4.16. The Labute approximate surface area is 134 Å². The predicted octanol–water partition coefficient (Wildman–Crippen LogP) is 2.71. The molecular formula is C17H20N6. The molecule has 6 nitrogen and oxygen atoms in total. The maximum Gasteiger partial charge on any atom is 0.177 e. The van der Waals surface area contributed by atoms with Gasteiger partial charge in [-0.3, -0.25) is 9.98 Å². The summed E-state index contributed by atoms with van der Waals surface area (Å²) in [6.45, 7) is 4.87. The van der Waals surface area contributed by atoms with Gasteiger partial charge in [0, 0.05) is 24.4 Å². The fourth-order valence-electron chi connectivity index (χ4n) is 2.66. The first kappa shape index (κ1) is 14.1. The molecule has 1 fully saturated rings. The zero-order valence-electron chi connectivity index (χ0n) is 13.4.